The molecule has 1 saturated heterocycles. The Balaban J connectivity index is 1.74. The third-order valence-corrected chi connectivity index (χ3v) is 4.86. The highest BCUT2D eigenvalue weighted by atomic mass is 35.5. The first-order chi connectivity index (χ1) is 12.1. The second-order valence-electron chi connectivity index (χ2n) is 5.88. The van der Waals surface area contributed by atoms with Gasteiger partial charge in [-0.1, -0.05) is 29.8 Å². The summed E-state index contributed by atoms with van der Waals surface area (Å²) in [4.78, 5) is 2.12. The average molecular weight is 378 g/mol. The molecule has 1 aliphatic heterocycles. The summed E-state index contributed by atoms with van der Waals surface area (Å²) in [6.07, 6.45) is 0.814. The van der Waals surface area contributed by atoms with Crippen LogP contribution in [-0.2, 0) is 17.7 Å². The molecule has 1 fully saturated rings. The molecule has 0 spiro atoms. The first-order valence-electron chi connectivity index (χ1n) is 7.99. The van der Waals surface area contributed by atoms with Gasteiger partial charge in [0.05, 0.1) is 20.3 Å². The van der Waals surface area contributed by atoms with Crippen molar-refractivity contribution in [2.24, 2.45) is 0 Å². The maximum absolute atomic E-state index is 5.96. The zero-order valence-corrected chi connectivity index (χ0v) is 15.8. The number of thiocarbonyl (C=S) groups is 1. The van der Waals surface area contributed by atoms with Crippen LogP contribution in [-0.4, -0.2) is 36.9 Å². The first-order valence-corrected chi connectivity index (χ1v) is 8.78. The lowest BCUT2D eigenvalue weighted by Gasteiger charge is -2.23. The maximum Gasteiger partial charge on any atom is 0.260 e. The fourth-order valence-electron chi connectivity index (χ4n) is 2.92. The molecule has 0 aliphatic carbocycles. The van der Waals surface area contributed by atoms with Crippen molar-refractivity contribution in [1.82, 2.24) is 4.90 Å². The van der Waals surface area contributed by atoms with Crippen LogP contribution in [0.2, 0.25) is 5.02 Å². The van der Waals surface area contributed by atoms with E-state index in [0.717, 1.165) is 34.1 Å². The summed E-state index contributed by atoms with van der Waals surface area (Å²) in [5, 5.41) is 1.27. The molecule has 0 amide bonds. The number of methoxy groups -OCH3 is 2. The van der Waals surface area contributed by atoms with Crippen LogP contribution >= 0.6 is 23.8 Å². The van der Waals surface area contributed by atoms with Crippen molar-refractivity contribution in [1.29, 1.82) is 0 Å². The quantitative estimate of drug-likeness (QED) is 0.708. The standard InChI is InChI=1S/C19H20ClNO3S/c1-22-17-8-5-14(10-18(17)23-2)9-16-12-24-19(25)21(16)11-13-3-6-15(20)7-4-13/h3-8,10,16H,9,11-12H2,1-2H3. The van der Waals surface area contributed by atoms with Crippen LogP contribution in [0.3, 0.4) is 0 Å². The van der Waals surface area contributed by atoms with Crippen molar-refractivity contribution in [2.45, 2.75) is 19.0 Å². The maximum atomic E-state index is 5.96. The molecule has 0 aromatic heterocycles. The van der Waals surface area contributed by atoms with Crippen molar-refractivity contribution in [2.75, 3.05) is 20.8 Å². The van der Waals surface area contributed by atoms with Gasteiger partial charge in [0.15, 0.2) is 11.5 Å². The molecular weight excluding hydrogens is 358 g/mol. The number of hydrogen-bond donors (Lipinski definition) is 0. The predicted octanol–water partition coefficient (Wildman–Crippen LogP) is 4.09. The summed E-state index contributed by atoms with van der Waals surface area (Å²) in [6.45, 7) is 1.29. The lowest BCUT2D eigenvalue weighted by Crippen LogP contribution is -2.34. The van der Waals surface area contributed by atoms with E-state index in [1.165, 1.54) is 0 Å². The van der Waals surface area contributed by atoms with Crippen LogP contribution in [0.25, 0.3) is 0 Å². The Morgan fingerprint density at radius 3 is 2.44 bits per heavy atom. The Hall–Kier alpha value is -1.98. The van der Waals surface area contributed by atoms with Gasteiger partial charge in [0.25, 0.3) is 5.17 Å². The number of benzene rings is 2. The van der Waals surface area contributed by atoms with E-state index in [0.29, 0.717) is 18.3 Å². The molecule has 3 rings (SSSR count). The van der Waals surface area contributed by atoms with E-state index < -0.39 is 0 Å². The van der Waals surface area contributed by atoms with Gasteiger partial charge in [0.1, 0.15) is 6.61 Å². The highest BCUT2D eigenvalue weighted by Gasteiger charge is 2.30. The second-order valence-corrected chi connectivity index (χ2v) is 6.66. The molecule has 25 heavy (non-hydrogen) atoms. The molecule has 0 saturated carbocycles. The molecule has 0 radical (unpaired) electrons. The van der Waals surface area contributed by atoms with Crippen LogP contribution in [0.5, 0.6) is 11.5 Å². The van der Waals surface area contributed by atoms with E-state index >= 15 is 0 Å². The van der Waals surface area contributed by atoms with Crippen LogP contribution in [0.1, 0.15) is 11.1 Å². The topological polar surface area (TPSA) is 30.9 Å². The second kappa shape index (κ2) is 7.93. The fraction of sp³-hybridized carbons (Fsp3) is 0.316. The molecule has 6 heteroatoms. The third kappa shape index (κ3) is 4.17. The highest BCUT2D eigenvalue weighted by Crippen LogP contribution is 2.29. The van der Waals surface area contributed by atoms with Crippen LogP contribution in [0, 0.1) is 0 Å². The van der Waals surface area contributed by atoms with E-state index in [2.05, 4.69) is 4.90 Å². The van der Waals surface area contributed by atoms with Gasteiger partial charge < -0.3 is 19.1 Å². The first kappa shape index (κ1) is 17.8. The molecule has 0 bridgehead atoms. The van der Waals surface area contributed by atoms with Gasteiger partial charge >= 0.3 is 0 Å². The average Bonchev–Trinajstić information content (AvgIpc) is 2.96. The molecule has 1 heterocycles. The van der Waals surface area contributed by atoms with Crippen molar-refractivity contribution < 1.29 is 14.2 Å². The number of nitrogens with zero attached hydrogens (tertiary/aromatic N) is 1. The van der Waals surface area contributed by atoms with E-state index in [9.17, 15) is 0 Å². The summed E-state index contributed by atoms with van der Waals surface area (Å²) in [5.41, 5.74) is 2.30. The number of ether oxygens (including phenoxy) is 3. The van der Waals surface area contributed by atoms with Gasteiger partial charge in [-0.05, 0) is 54.0 Å². The largest absolute Gasteiger partial charge is 0.493 e. The molecule has 1 unspecified atom stereocenters. The molecule has 4 nitrogen and oxygen atoms in total. The summed E-state index contributed by atoms with van der Waals surface area (Å²) in [5.74, 6) is 1.45. The van der Waals surface area contributed by atoms with Crippen molar-refractivity contribution in [3.05, 3.63) is 58.6 Å². The van der Waals surface area contributed by atoms with Crippen LogP contribution in [0.4, 0.5) is 0 Å². The van der Waals surface area contributed by atoms with E-state index in [1.807, 2.05) is 42.5 Å². The fourth-order valence-corrected chi connectivity index (χ4v) is 3.33. The SMILES string of the molecule is COc1ccc(CC2COC(=S)N2Cc2ccc(Cl)cc2)cc1OC. The summed E-state index contributed by atoms with van der Waals surface area (Å²) >= 11 is 11.3. The van der Waals surface area contributed by atoms with Gasteiger partial charge in [-0.3, -0.25) is 0 Å². The molecule has 1 aliphatic rings. The van der Waals surface area contributed by atoms with Crippen molar-refractivity contribution >= 4 is 29.0 Å². The summed E-state index contributed by atoms with van der Waals surface area (Å²) in [7, 11) is 3.27. The van der Waals surface area contributed by atoms with Gasteiger partial charge in [-0.2, -0.15) is 0 Å². The molecular formula is C19H20ClNO3S. The van der Waals surface area contributed by atoms with Crippen LogP contribution < -0.4 is 9.47 Å². The Morgan fingerprint density at radius 1 is 1.08 bits per heavy atom. The lowest BCUT2D eigenvalue weighted by atomic mass is 10.0. The minimum absolute atomic E-state index is 0.182. The third-order valence-electron chi connectivity index (χ3n) is 4.26. The van der Waals surface area contributed by atoms with Crippen LogP contribution in [0.15, 0.2) is 42.5 Å². The Bertz CT molecular complexity index is 751. The van der Waals surface area contributed by atoms with Gasteiger partial charge in [-0.25, -0.2) is 0 Å². The zero-order valence-electron chi connectivity index (χ0n) is 14.2. The van der Waals surface area contributed by atoms with Crippen molar-refractivity contribution in [3.8, 4) is 11.5 Å². The molecule has 2 aromatic rings. The Labute approximate surface area is 158 Å². The molecule has 0 N–H and O–H groups in total. The monoisotopic (exact) mass is 377 g/mol. The highest BCUT2D eigenvalue weighted by molar-refractivity contribution is 7.80. The van der Waals surface area contributed by atoms with Gasteiger partial charge in [0.2, 0.25) is 0 Å². The van der Waals surface area contributed by atoms with Gasteiger partial charge in [0, 0.05) is 11.6 Å². The minimum atomic E-state index is 0.182. The zero-order chi connectivity index (χ0) is 17.8. The molecule has 132 valence electrons. The number of halogens is 1. The number of hydrogen-bond acceptors (Lipinski definition) is 4. The smallest absolute Gasteiger partial charge is 0.260 e. The number of rotatable bonds is 6. The van der Waals surface area contributed by atoms with Crippen molar-refractivity contribution in [3.63, 3.8) is 0 Å². The summed E-state index contributed by atoms with van der Waals surface area (Å²) in [6, 6.07) is 13.9. The Morgan fingerprint density at radius 2 is 1.76 bits per heavy atom. The molecule has 2 aromatic carbocycles. The van der Waals surface area contributed by atoms with Gasteiger partial charge in [-0.15, -0.1) is 0 Å². The molecule has 1 atom stereocenters. The minimum Gasteiger partial charge on any atom is -0.493 e. The lowest BCUT2D eigenvalue weighted by molar-refractivity contribution is 0.304. The van der Waals surface area contributed by atoms with E-state index in [-0.39, 0.29) is 6.04 Å². The van der Waals surface area contributed by atoms with E-state index in [1.54, 1.807) is 14.2 Å². The Kier molecular flexibility index (Phi) is 5.66. The predicted molar refractivity (Wildman–Crippen MR) is 103 cm³/mol. The van der Waals surface area contributed by atoms with E-state index in [4.69, 9.17) is 38.0 Å². The summed E-state index contributed by atoms with van der Waals surface area (Å²) < 4.78 is 16.3. The normalized spacial score (nSPS) is 16.7.